The van der Waals surface area contributed by atoms with Gasteiger partial charge in [-0.05, 0) is 43.3 Å². The summed E-state index contributed by atoms with van der Waals surface area (Å²) in [5, 5.41) is 0.839. The van der Waals surface area contributed by atoms with Crippen LogP contribution >= 0.6 is 0 Å². The molecule has 106 valence electrons. The Kier molecular flexibility index (Phi) is 3.55. The lowest BCUT2D eigenvalue weighted by molar-refractivity contribution is 0.317. The average molecular weight is 281 g/mol. The Hall–Kier alpha value is -2.82. The zero-order valence-corrected chi connectivity index (χ0v) is 11.6. The molecule has 3 rings (SSSR count). The molecule has 2 heterocycles. The predicted molar refractivity (Wildman–Crippen MR) is 81.6 cm³/mol. The van der Waals surface area contributed by atoms with Gasteiger partial charge in [0.1, 0.15) is 5.75 Å². The lowest BCUT2D eigenvalue weighted by Gasteiger charge is -2.12. The monoisotopic (exact) mass is 281 g/mol. The van der Waals surface area contributed by atoms with E-state index in [0.717, 1.165) is 5.39 Å². The van der Waals surface area contributed by atoms with Crippen molar-refractivity contribution in [1.82, 2.24) is 9.97 Å². The molecule has 0 atom stereocenters. The van der Waals surface area contributed by atoms with E-state index in [1.807, 2.05) is 31.2 Å². The van der Waals surface area contributed by atoms with Crippen LogP contribution in [0.25, 0.3) is 10.9 Å². The molecule has 0 fully saturated rings. The smallest absolute Gasteiger partial charge is 0.262 e. The van der Waals surface area contributed by atoms with Gasteiger partial charge in [0.05, 0.1) is 17.8 Å². The topological polar surface area (TPSA) is 70.3 Å². The molecule has 0 amide bonds. The van der Waals surface area contributed by atoms with Gasteiger partial charge in [0.25, 0.3) is 5.88 Å². The highest BCUT2D eigenvalue weighted by Crippen LogP contribution is 2.34. The second-order valence-corrected chi connectivity index (χ2v) is 4.39. The van der Waals surface area contributed by atoms with Gasteiger partial charge >= 0.3 is 0 Å². The summed E-state index contributed by atoms with van der Waals surface area (Å²) < 4.78 is 11.4. The van der Waals surface area contributed by atoms with Crippen molar-refractivity contribution >= 4 is 16.6 Å². The van der Waals surface area contributed by atoms with Crippen LogP contribution in [0.3, 0.4) is 0 Å². The molecule has 2 N–H and O–H groups in total. The normalized spacial score (nSPS) is 10.5. The highest BCUT2D eigenvalue weighted by Gasteiger charge is 2.11. The predicted octanol–water partition coefficient (Wildman–Crippen LogP) is 3.40. The van der Waals surface area contributed by atoms with E-state index < -0.39 is 0 Å². The summed E-state index contributed by atoms with van der Waals surface area (Å²) in [6.07, 6.45) is 3.37. The fraction of sp³-hybridized carbons (Fsp3) is 0.125. The van der Waals surface area contributed by atoms with E-state index in [-0.39, 0.29) is 0 Å². The molecule has 0 aliphatic carbocycles. The molecule has 2 aromatic heterocycles. The molecule has 0 bridgehead atoms. The first-order chi connectivity index (χ1) is 10.3. The molecule has 5 heteroatoms. The van der Waals surface area contributed by atoms with Crippen molar-refractivity contribution in [1.29, 1.82) is 0 Å². The highest BCUT2D eigenvalue weighted by atomic mass is 16.5. The molecule has 1 aromatic carbocycles. The Morgan fingerprint density at radius 1 is 1.00 bits per heavy atom. The number of pyridine rings is 2. The standard InChI is InChI=1S/C16H15N3O2/c1-2-20-14-6-4-10-19-16(14)21-13-8-7-12(17)15-11(13)5-3-9-18-15/h3-10H,2,17H2,1H3. The first-order valence-corrected chi connectivity index (χ1v) is 6.68. The third kappa shape index (κ3) is 2.58. The first kappa shape index (κ1) is 13.2. The maximum atomic E-state index is 5.94. The molecule has 0 spiro atoms. The van der Waals surface area contributed by atoms with Crippen LogP contribution in [0.15, 0.2) is 48.8 Å². The third-order valence-corrected chi connectivity index (χ3v) is 3.00. The number of anilines is 1. The minimum absolute atomic E-state index is 0.425. The summed E-state index contributed by atoms with van der Waals surface area (Å²) in [5.74, 6) is 1.68. The Bertz CT molecular complexity index is 774. The second-order valence-electron chi connectivity index (χ2n) is 4.39. The first-order valence-electron chi connectivity index (χ1n) is 6.68. The van der Waals surface area contributed by atoms with Gasteiger partial charge in [0, 0.05) is 17.8 Å². The van der Waals surface area contributed by atoms with Crippen LogP contribution in [0.1, 0.15) is 6.92 Å². The summed E-state index contributed by atoms with van der Waals surface area (Å²) >= 11 is 0. The van der Waals surface area contributed by atoms with Crippen LogP contribution in [0.4, 0.5) is 5.69 Å². The van der Waals surface area contributed by atoms with Gasteiger partial charge in [-0.1, -0.05) is 0 Å². The van der Waals surface area contributed by atoms with Gasteiger partial charge in [0.2, 0.25) is 0 Å². The van der Waals surface area contributed by atoms with Crippen LogP contribution in [-0.4, -0.2) is 16.6 Å². The number of nitrogen functional groups attached to an aromatic ring is 1. The largest absolute Gasteiger partial charge is 0.488 e. The van der Waals surface area contributed by atoms with Gasteiger partial charge < -0.3 is 15.2 Å². The molecular formula is C16H15N3O2. The number of benzene rings is 1. The maximum absolute atomic E-state index is 5.94. The summed E-state index contributed by atoms with van der Waals surface area (Å²) in [7, 11) is 0. The van der Waals surface area contributed by atoms with Crippen molar-refractivity contribution in [3.05, 3.63) is 48.8 Å². The van der Waals surface area contributed by atoms with Gasteiger partial charge in [0.15, 0.2) is 5.75 Å². The van der Waals surface area contributed by atoms with Crippen LogP contribution in [0.5, 0.6) is 17.4 Å². The van der Waals surface area contributed by atoms with Crippen molar-refractivity contribution in [2.45, 2.75) is 6.92 Å². The van der Waals surface area contributed by atoms with Gasteiger partial charge in [-0.25, -0.2) is 4.98 Å². The van der Waals surface area contributed by atoms with Crippen molar-refractivity contribution in [2.75, 3.05) is 12.3 Å². The van der Waals surface area contributed by atoms with Crippen molar-refractivity contribution in [3.63, 3.8) is 0 Å². The van der Waals surface area contributed by atoms with Crippen LogP contribution in [0.2, 0.25) is 0 Å². The number of aromatic nitrogens is 2. The molecule has 0 radical (unpaired) electrons. The van der Waals surface area contributed by atoms with Gasteiger partial charge in [-0.2, -0.15) is 0 Å². The molecule has 0 aliphatic heterocycles. The van der Waals surface area contributed by atoms with E-state index in [0.29, 0.717) is 35.2 Å². The highest BCUT2D eigenvalue weighted by molar-refractivity contribution is 5.93. The maximum Gasteiger partial charge on any atom is 0.262 e. The third-order valence-electron chi connectivity index (χ3n) is 3.00. The molecule has 0 saturated heterocycles. The van der Waals surface area contributed by atoms with E-state index in [4.69, 9.17) is 15.2 Å². The molecule has 0 saturated carbocycles. The Morgan fingerprint density at radius 3 is 2.67 bits per heavy atom. The Morgan fingerprint density at radius 2 is 1.81 bits per heavy atom. The summed E-state index contributed by atoms with van der Waals surface area (Å²) in [4.78, 5) is 8.51. The van der Waals surface area contributed by atoms with E-state index >= 15 is 0 Å². The quantitative estimate of drug-likeness (QED) is 0.742. The molecule has 0 unspecified atom stereocenters. The van der Waals surface area contributed by atoms with Gasteiger partial charge in [-0.15, -0.1) is 0 Å². The van der Waals surface area contributed by atoms with E-state index in [1.54, 1.807) is 24.5 Å². The van der Waals surface area contributed by atoms with E-state index in [1.165, 1.54) is 0 Å². The van der Waals surface area contributed by atoms with Crippen molar-refractivity contribution in [3.8, 4) is 17.4 Å². The molecule has 21 heavy (non-hydrogen) atoms. The van der Waals surface area contributed by atoms with Crippen LogP contribution in [-0.2, 0) is 0 Å². The fourth-order valence-electron chi connectivity index (χ4n) is 2.08. The zero-order chi connectivity index (χ0) is 14.7. The number of rotatable bonds is 4. The molecule has 3 aromatic rings. The Balaban J connectivity index is 2.05. The summed E-state index contributed by atoms with van der Waals surface area (Å²) in [5.41, 5.74) is 7.26. The molecule has 0 aliphatic rings. The van der Waals surface area contributed by atoms with Gasteiger partial charge in [-0.3, -0.25) is 4.98 Å². The number of fused-ring (bicyclic) bond motifs is 1. The molecule has 5 nitrogen and oxygen atoms in total. The SMILES string of the molecule is CCOc1cccnc1Oc1ccc(N)c2ncccc12. The van der Waals surface area contributed by atoms with E-state index in [2.05, 4.69) is 9.97 Å². The number of nitrogens with two attached hydrogens (primary N) is 1. The average Bonchev–Trinajstić information content (AvgIpc) is 2.52. The van der Waals surface area contributed by atoms with E-state index in [9.17, 15) is 0 Å². The summed E-state index contributed by atoms with van der Waals surface area (Å²) in [6.45, 7) is 2.46. The van der Waals surface area contributed by atoms with Crippen molar-refractivity contribution < 1.29 is 9.47 Å². The van der Waals surface area contributed by atoms with Crippen LogP contribution < -0.4 is 15.2 Å². The minimum Gasteiger partial charge on any atom is -0.488 e. The van der Waals surface area contributed by atoms with Crippen LogP contribution in [0, 0.1) is 0 Å². The number of hydrogen-bond donors (Lipinski definition) is 1. The van der Waals surface area contributed by atoms with Crippen molar-refractivity contribution in [2.24, 2.45) is 0 Å². The zero-order valence-electron chi connectivity index (χ0n) is 11.6. The molecular weight excluding hydrogens is 266 g/mol. The number of nitrogens with zero attached hydrogens (tertiary/aromatic N) is 2. The fourth-order valence-corrected chi connectivity index (χ4v) is 2.08. The second kappa shape index (κ2) is 5.66. The Labute approximate surface area is 122 Å². The summed E-state index contributed by atoms with van der Waals surface area (Å²) in [6, 6.07) is 11.0. The number of ether oxygens (including phenoxy) is 2. The minimum atomic E-state index is 0.425. The lowest BCUT2D eigenvalue weighted by atomic mass is 10.2. The lowest BCUT2D eigenvalue weighted by Crippen LogP contribution is -1.98. The number of hydrogen-bond acceptors (Lipinski definition) is 5.